The molecule has 0 radical (unpaired) electrons. The molecule has 0 saturated heterocycles. The molecule has 3 rings (SSSR count). The van der Waals surface area contributed by atoms with E-state index in [1.807, 2.05) is 0 Å². The molecule has 49 heavy (non-hydrogen) atoms. The summed E-state index contributed by atoms with van der Waals surface area (Å²) in [6, 6.07) is 17.5. The average molecular weight is 717 g/mol. The first kappa shape index (κ1) is 38.9. The van der Waals surface area contributed by atoms with Crippen LogP contribution in [0.1, 0.15) is 39.1 Å². The van der Waals surface area contributed by atoms with Crippen LogP contribution in [0.4, 0.5) is 0 Å². The van der Waals surface area contributed by atoms with E-state index < -0.39 is 31.6 Å². The summed E-state index contributed by atoms with van der Waals surface area (Å²) in [5.41, 5.74) is 1.20. The van der Waals surface area contributed by atoms with Crippen molar-refractivity contribution in [2.24, 2.45) is 0 Å². The third kappa shape index (κ3) is 14.3. The highest BCUT2D eigenvalue weighted by Crippen LogP contribution is 2.26. The molecule has 264 valence electrons. The summed E-state index contributed by atoms with van der Waals surface area (Å²) in [4.78, 5) is 25.4. The van der Waals surface area contributed by atoms with Crippen molar-refractivity contribution in [1.29, 1.82) is 0 Å². The monoisotopic (exact) mass is 716 g/mol. The molecule has 3 aromatic rings. The topological polar surface area (TPSA) is 158 Å². The van der Waals surface area contributed by atoms with Crippen LogP contribution in [0.2, 0.25) is 0 Å². The van der Waals surface area contributed by atoms with Gasteiger partial charge in [0.25, 0.3) is 0 Å². The van der Waals surface area contributed by atoms with Crippen LogP contribution >= 0.6 is 0 Å². The average Bonchev–Trinajstić information content (AvgIpc) is 3.09. The van der Waals surface area contributed by atoms with E-state index in [-0.39, 0.29) is 30.5 Å². The number of carbonyl (C=O) groups is 2. The van der Waals surface area contributed by atoms with E-state index in [1.54, 1.807) is 67.6 Å². The summed E-state index contributed by atoms with van der Waals surface area (Å²) in [6.45, 7) is 9.77. The van der Waals surface area contributed by atoms with E-state index >= 15 is 0 Å². The Labute approximate surface area is 287 Å². The predicted octanol–water partition coefficient (Wildman–Crippen LogP) is 5.12. The summed E-state index contributed by atoms with van der Waals surface area (Å²) >= 11 is 0. The Kier molecular flexibility index (Phi) is 15.5. The minimum Gasteiger partial charge on any atom is -0.494 e. The number of sulfone groups is 2. The van der Waals surface area contributed by atoms with Crippen LogP contribution < -0.4 is 18.9 Å². The second kappa shape index (κ2) is 19.5. The number of benzene rings is 3. The third-order valence-corrected chi connectivity index (χ3v) is 9.16. The zero-order valence-electron chi connectivity index (χ0n) is 27.2. The highest BCUT2D eigenvalue weighted by Gasteiger charge is 2.14. The molecule has 0 unspecified atom stereocenters. The van der Waals surface area contributed by atoms with Gasteiger partial charge in [0, 0.05) is 36.9 Å². The van der Waals surface area contributed by atoms with Gasteiger partial charge in [0.05, 0.1) is 49.1 Å². The van der Waals surface area contributed by atoms with Crippen LogP contribution in [-0.4, -0.2) is 79.9 Å². The van der Waals surface area contributed by atoms with Gasteiger partial charge in [-0.2, -0.15) is 0 Å². The molecular formula is C35H40O12S2. The Balaban J connectivity index is 1.38. The lowest BCUT2D eigenvalue weighted by molar-refractivity contribution is 0.0718. The molecule has 0 bridgehead atoms. The molecule has 0 saturated carbocycles. The number of hydrogen-bond acceptors (Lipinski definition) is 12. The first-order valence-electron chi connectivity index (χ1n) is 15.3. The largest absolute Gasteiger partial charge is 0.494 e. The molecule has 12 nitrogen and oxygen atoms in total. The van der Waals surface area contributed by atoms with E-state index in [0.29, 0.717) is 73.2 Å². The Hall–Kier alpha value is -4.50. The molecule has 0 N–H and O–H groups in total. The molecule has 0 aromatic heterocycles. The molecule has 0 aliphatic rings. The van der Waals surface area contributed by atoms with Crippen molar-refractivity contribution < 1.29 is 54.8 Å². The van der Waals surface area contributed by atoms with Gasteiger partial charge in [-0.1, -0.05) is 13.2 Å². The highest BCUT2D eigenvalue weighted by atomic mass is 32.2. The van der Waals surface area contributed by atoms with E-state index in [9.17, 15) is 26.4 Å². The standard InChI is InChI=1S/C35H40O12S2/c1-4-48(38,39)24-22-42-18-6-20-44-30-12-8-28(9-13-30)34(36)46-32-16-17-33(27(3)26-32)47-35(37)29-10-14-31(15-11-29)45-21-7-19-43-23-25-49(40,41)5-2/h4-5,8-17,26H,1-2,6-7,18-25H2,3H3. The summed E-state index contributed by atoms with van der Waals surface area (Å²) in [5.74, 6) is 0.302. The fraction of sp³-hybridized carbons (Fsp3) is 0.314. The number of hydrogen-bond donors (Lipinski definition) is 0. The SMILES string of the molecule is C=CS(=O)(=O)CCOCCCOc1ccc(C(=O)Oc2ccc(OC(=O)c3ccc(OCCCOCCS(=O)(=O)C=C)cc3)c(C)c2)cc1. The molecule has 0 amide bonds. The maximum Gasteiger partial charge on any atom is 0.343 e. The number of carbonyl (C=O) groups excluding carboxylic acids is 2. The van der Waals surface area contributed by atoms with Crippen molar-refractivity contribution in [3.63, 3.8) is 0 Å². The minimum absolute atomic E-state index is 0.0848. The van der Waals surface area contributed by atoms with E-state index in [4.69, 9.17) is 28.4 Å². The van der Waals surface area contributed by atoms with Gasteiger partial charge in [0.1, 0.15) is 23.0 Å². The van der Waals surface area contributed by atoms with Crippen molar-refractivity contribution in [3.05, 3.63) is 107 Å². The van der Waals surface area contributed by atoms with Crippen molar-refractivity contribution in [2.75, 3.05) is 51.1 Å². The quantitative estimate of drug-likeness (QED) is 0.0769. The molecular weight excluding hydrogens is 677 g/mol. The molecule has 0 aliphatic carbocycles. The van der Waals surface area contributed by atoms with Gasteiger partial charge < -0.3 is 28.4 Å². The zero-order valence-corrected chi connectivity index (χ0v) is 28.8. The first-order valence-corrected chi connectivity index (χ1v) is 18.7. The van der Waals surface area contributed by atoms with Crippen LogP contribution in [-0.2, 0) is 29.1 Å². The third-order valence-electron chi connectivity index (χ3n) is 6.68. The Bertz CT molecular complexity index is 1770. The zero-order chi connectivity index (χ0) is 35.7. The summed E-state index contributed by atoms with van der Waals surface area (Å²) < 4.78 is 78.3. The van der Waals surface area contributed by atoms with Gasteiger partial charge in [-0.15, -0.1) is 0 Å². The van der Waals surface area contributed by atoms with Crippen molar-refractivity contribution in [1.82, 2.24) is 0 Å². The molecule has 0 fully saturated rings. The number of esters is 2. The maximum atomic E-state index is 12.7. The van der Waals surface area contributed by atoms with Gasteiger partial charge in [-0.25, -0.2) is 26.4 Å². The fourth-order valence-electron chi connectivity index (χ4n) is 3.92. The number of rotatable bonds is 22. The summed E-state index contributed by atoms with van der Waals surface area (Å²) in [5, 5.41) is 1.82. The van der Waals surface area contributed by atoms with Gasteiger partial charge in [0.2, 0.25) is 0 Å². The summed E-state index contributed by atoms with van der Waals surface area (Å²) in [6.07, 6.45) is 1.11. The van der Waals surface area contributed by atoms with Gasteiger partial charge >= 0.3 is 11.9 Å². The molecule has 0 spiro atoms. The lowest BCUT2D eigenvalue weighted by Crippen LogP contribution is -2.11. The lowest BCUT2D eigenvalue weighted by atomic mass is 10.2. The van der Waals surface area contributed by atoms with Gasteiger partial charge in [0.15, 0.2) is 19.7 Å². The minimum atomic E-state index is -3.28. The van der Waals surface area contributed by atoms with Crippen LogP contribution in [0.3, 0.4) is 0 Å². The maximum absolute atomic E-state index is 12.7. The van der Waals surface area contributed by atoms with Crippen LogP contribution in [0.25, 0.3) is 0 Å². The van der Waals surface area contributed by atoms with Crippen molar-refractivity contribution in [2.45, 2.75) is 19.8 Å². The van der Waals surface area contributed by atoms with E-state index in [0.717, 1.165) is 10.8 Å². The Morgan fingerprint density at radius 2 is 1.02 bits per heavy atom. The first-order chi connectivity index (χ1) is 23.4. The molecule has 0 aliphatic heterocycles. The highest BCUT2D eigenvalue weighted by molar-refractivity contribution is 7.94. The van der Waals surface area contributed by atoms with E-state index in [1.165, 1.54) is 6.07 Å². The predicted molar refractivity (Wildman–Crippen MR) is 184 cm³/mol. The van der Waals surface area contributed by atoms with Crippen molar-refractivity contribution in [3.8, 4) is 23.0 Å². The van der Waals surface area contributed by atoms with Crippen LogP contribution in [0.5, 0.6) is 23.0 Å². The van der Waals surface area contributed by atoms with E-state index in [2.05, 4.69) is 13.2 Å². The molecule has 0 atom stereocenters. The Morgan fingerprint density at radius 3 is 1.45 bits per heavy atom. The lowest BCUT2D eigenvalue weighted by Gasteiger charge is -2.11. The smallest absolute Gasteiger partial charge is 0.343 e. The normalized spacial score (nSPS) is 11.4. The van der Waals surface area contributed by atoms with Crippen LogP contribution in [0, 0.1) is 6.92 Å². The fourth-order valence-corrected chi connectivity index (χ4v) is 4.96. The Morgan fingerprint density at radius 1 is 0.592 bits per heavy atom. The van der Waals surface area contributed by atoms with Crippen LogP contribution in [0.15, 0.2) is 90.7 Å². The molecule has 0 heterocycles. The van der Waals surface area contributed by atoms with Gasteiger partial charge in [-0.05, 0) is 79.2 Å². The summed E-state index contributed by atoms with van der Waals surface area (Å²) in [7, 11) is -6.55. The second-order valence-corrected chi connectivity index (χ2v) is 14.6. The second-order valence-electron chi connectivity index (χ2n) is 10.5. The van der Waals surface area contributed by atoms with Gasteiger partial charge in [-0.3, -0.25) is 0 Å². The molecule has 3 aromatic carbocycles. The molecule has 14 heteroatoms. The van der Waals surface area contributed by atoms with Crippen molar-refractivity contribution >= 4 is 31.6 Å². The number of aryl methyl sites for hydroxylation is 1. The number of ether oxygens (including phenoxy) is 6.